The first kappa shape index (κ1) is 29.0. The Kier molecular flexibility index (Phi) is 9.87. The average Bonchev–Trinajstić information content (AvgIpc) is 3.02. The monoisotopic (exact) mass is 548 g/mol. The highest BCUT2D eigenvalue weighted by atomic mass is 16.5. The molecule has 5 rings (SSSR count). The van der Waals surface area contributed by atoms with E-state index in [0.29, 0.717) is 19.7 Å². The Balaban J connectivity index is 1.34. The third-order valence-electron chi connectivity index (χ3n) is 8.40. The second-order valence-corrected chi connectivity index (χ2v) is 11.7. The lowest BCUT2D eigenvalue weighted by Gasteiger charge is -2.40. The third kappa shape index (κ3) is 7.63. The number of aryl methyl sites for hydroxylation is 1. The summed E-state index contributed by atoms with van der Waals surface area (Å²) in [5.41, 5.74) is 5.02. The lowest BCUT2D eigenvalue weighted by molar-refractivity contribution is -0.136. The topological polar surface area (TPSA) is 32.8 Å². The van der Waals surface area contributed by atoms with Crippen molar-refractivity contribution in [1.82, 2.24) is 9.80 Å². The van der Waals surface area contributed by atoms with E-state index in [2.05, 4.69) is 108 Å². The minimum Gasteiger partial charge on any atom is -0.373 e. The molecule has 0 saturated carbocycles. The summed E-state index contributed by atoms with van der Waals surface area (Å²) >= 11 is 0. The fourth-order valence-electron chi connectivity index (χ4n) is 5.91. The van der Waals surface area contributed by atoms with Gasteiger partial charge in [0.25, 0.3) is 0 Å². The molecule has 0 N–H and O–H groups in total. The number of carbonyl (C=O) groups is 1. The number of amides is 1. The van der Waals surface area contributed by atoms with E-state index in [1.54, 1.807) is 0 Å². The van der Waals surface area contributed by atoms with Crippen LogP contribution in [-0.2, 0) is 29.1 Å². The van der Waals surface area contributed by atoms with Gasteiger partial charge in [0, 0.05) is 32.1 Å². The van der Waals surface area contributed by atoms with E-state index in [1.165, 1.54) is 33.0 Å². The van der Waals surface area contributed by atoms with Crippen LogP contribution in [0.4, 0.5) is 0 Å². The van der Waals surface area contributed by atoms with Crippen LogP contribution in [0.3, 0.4) is 0 Å². The van der Waals surface area contributed by atoms with E-state index in [1.807, 2.05) is 19.9 Å². The first-order chi connectivity index (χ1) is 20.0. The van der Waals surface area contributed by atoms with Crippen LogP contribution in [0.1, 0.15) is 61.9 Å². The summed E-state index contributed by atoms with van der Waals surface area (Å²) in [4.78, 5) is 18.3. The minimum atomic E-state index is -0.0595. The molecule has 0 aromatic heterocycles. The van der Waals surface area contributed by atoms with E-state index in [-0.39, 0.29) is 24.0 Å². The third-order valence-corrected chi connectivity index (χ3v) is 8.40. The number of nitrogens with zero attached hydrogens (tertiary/aromatic N) is 2. The zero-order valence-electron chi connectivity index (χ0n) is 24.8. The van der Waals surface area contributed by atoms with Crippen LogP contribution in [0.25, 0.3) is 10.8 Å². The molecule has 41 heavy (non-hydrogen) atoms. The molecule has 214 valence electrons. The average molecular weight is 549 g/mol. The molecule has 4 nitrogen and oxygen atoms in total. The Morgan fingerprint density at radius 2 is 1.49 bits per heavy atom. The van der Waals surface area contributed by atoms with Gasteiger partial charge in [-0.1, -0.05) is 112 Å². The van der Waals surface area contributed by atoms with Crippen molar-refractivity contribution in [3.05, 3.63) is 119 Å². The van der Waals surface area contributed by atoms with Crippen molar-refractivity contribution >= 4 is 16.7 Å². The molecule has 0 aliphatic carbocycles. The summed E-state index contributed by atoms with van der Waals surface area (Å²) in [7, 11) is 0. The lowest BCUT2D eigenvalue weighted by Crippen LogP contribution is -2.45. The summed E-state index contributed by atoms with van der Waals surface area (Å²) in [6.45, 7) is 10.1. The van der Waals surface area contributed by atoms with E-state index >= 15 is 0 Å². The zero-order chi connectivity index (χ0) is 28.6. The molecule has 1 atom stereocenters. The Morgan fingerprint density at radius 1 is 0.829 bits per heavy atom. The maximum absolute atomic E-state index is 13.6. The molecular formula is C37H44N2O2. The Morgan fingerprint density at radius 3 is 2.17 bits per heavy atom. The maximum atomic E-state index is 13.6. The van der Waals surface area contributed by atoms with E-state index in [0.717, 1.165) is 32.4 Å². The highest BCUT2D eigenvalue weighted by Crippen LogP contribution is 2.29. The van der Waals surface area contributed by atoms with E-state index in [9.17, 15) is 4.79 Å². The van der Waals surface area contributed by atoms with E-state index < -0.39 is 0 Å². The van der Waals surface area contributed by atoms with Gasteiger partial charge in [-0.05, 0) is 58.4 Å². The highest BCUT2D eigenvalue weighted by Gasteiger charge is 2.30. The number of benzene rings is 4. The van der Waals surface area contributed by atoms with Gasteiger partial charge in [-0.25, -0.2) is 0 Å². The van der Waals surface area contributed by atoms with Gasteiger partial charge >= 0.3 is 0 Å². The number of piperidine rings is 1. The molecule has 4 heteroatoms. The molecule has 0 radical (unpaired) electrons. The second kappa shape index (κ2) is 13.9. The van der Waals surface area contributed by atoms with Crippen molar-refractivity contribution < 1.29 is 9.53 Å². The summed E-state index contributed by atoms with van der Waals surface area (Å²) in [6, 6.07) is 34.6. The molecule has 1 saturated heterocycles. The predicted molar refractivity (Wildman–Crippen MR) is 169 cm³/mol. The molecule has 0 spiro atoms. The summed E-state index contributed by atoms with van der Waals surface area (Å²) in [5.74, 6) is 0.144. The van der Waals surface area contributed by atoms with Crippen LogP contribution >= 0.6 is 0 Å². The van der Waals surface area contributed by atoms with Gasteiger partial charge in [0.05, 0.1) is 18.8 Å². The summed E-state index contributed by atoms with van der Waals surface area (Å²) in [6.07, 6.45) is 3.29. The smallest absolute Gasteiger partial charge is 0.225 e. The summed E-state index contributed by atoms with van der Waals surface area (Å²) in [5, 5.41) is 2.44. The largest absolute Gasteiger partial charge is 0.373 e. The Hall–Kier alpha value is -3.47. The number of carbonyl (C=O) groups excluding carboxylic acids is 1. The SMILES string of the molecule is CCc1ccc(C(CN(Cc2ccc3ccccc3c2)C(=O)C(C)C)N2CCC(OCc3ccccc3)CC2)cc1. The number of likely N-dealkylation sites (tertiary alicyclic amines) is 1. The number of rotatable bonds is 11. The number of fused-ring (bicyclic) bond motifs is 1. The molecule has 4 aromatic carbocycles. The standard InChI is InChI=1S/C37H44N2O2/c1-4-29-14-18-33(19-15-29)36(38-22-20-35(21-23-38)41-27-30-10-6-5-7-11-30)26-39(37(40)28(2)3)25-31-16-17-32-12-8-9-13-34(32)24-31/h5-19,24,28,35-36H,4,20-23,25-27H2,1-3H3. The fraction of sp³-hybridized carbons (Fsp3) is 0.378. The van der Waals surface area contributed by atoms with Gasteiger partial charge in [-0.15, -0.1) is 0 Å². The van der Waals surface area contributed by atoms with Crippen molar-refractivity contribution in [2.45, 2.75) is 65.3 Å². The predicted octanol–water partition coefficient (Wildman–Crippen LogP) is 7.81. The molecule has 1 fully saturated rings. The van der Waals surface area contributed by atoms with Crippen LogP contribution in [0, 0.1) is 5.92 Å². The molecule has 4 aromatic rings. The van der Waals surface area contributed by atoms with Crippen LogP contribution in [0.2, 0.25) is 0 Å². The van der Waals surface area contributed by atoms with Gasteiger partial charge in [0.2, 0.25) is 5.91 Å². The molecule has 0 bridgehead atoms. The van der Waals surface area contributed by atoms with Gasteiger partial charge in [-0.2, -0.15) is 0 Å². The Labute approximate surface area is 245 Å². The van der Waals surface area contributed by atoms with Gasteiger partial charge < -0.3 is 9.64 Å². The van der Waals surface area contributed by atoms with Crippen molar-refractivity contribution in [2.75, 3.05) is 19.6 Å². The fourth-order valence-corrected chi connectivity index (χ4v) is 5.91. The van der Waals surface area contributed by atoms with Gasteiger partial charge in [0.1, 0.15) is 0 Å². The van der Waals surface area contributed by atoms with Crippen molar-refractivity contribution in [2.24, 2.45) is 5.92 Å². The summed E-state index contributed by atoms with van der Waals surface area (Å²) < 4.78 is 6.31. The van der Waals surface area contributed by atoms with Crippen LogP contribution in [-0.4, -0.2) is 41.4 Å². The van der Waals surface area contributed by atoms with Crippen LogP contribution in [0.15, 0.2) is 97.1 Å². The quantitative estimate of drug-likeness (QED) is 0.192. The second-order valence-electron chi connectivity index (χ2n) is 11.7. The molecule has 1 unspecified atom stereocenters. The van der Waals surface area contributed by atoms with Gasteiger partial charge in [0.15, 0.2) is 0 Å². The first-order valence-corrected chi connectivity index (χ1v) is 15.2. The van der Waals surface area contributed by atoms with Gasteiger partial charge in [-0.3, -0.25) is 9.69 Å². The van der Waals surface area contributed by atoms with Crippen molar-refractivity contribution in [3.63, 3.8) is 0 Å². The number of hydrogen-bond acceptors (Lipinski definition) is 3. The first-order valence-electron chi connectivity index (χ1n) is 15.2. The Bertz CT molecular complexity index is 1390. The van der Waals surface area contributed by atoms with Crippen LogP contribution < -0.4 is 0 Å². The van der Waals surface area contributed by atoms with Crippen molar-refractivity contribution in [3.8, 4) is 0 Å². The number of hydrogen-bond donors (Lipinski definition) is 0. The highest BCUT2D eigenvalue weighted by molar-refractivity contribution is 5.83. The zero-order valence-corrected chi connectivity index (χ0v) is 24.8. The normalized spacial score (nSPS) is 15.3. The molecule has 1 heterocycles. The number of ether oxygens (including phenoxy) is 1. The van der Waals surface area contributed by atoms with Crippen molar-refractivity contribution in [1.29, 1.82) is 0 Å². The minimum absolute atomic E-state index is 0.0595. The lowest BCUT2D eigenvalue weighted by atomic mass is 9.97. The van der Waals surface area contributed by atoms with Crippen LogP contribution in [0.5, 0.6) is 0 Å². The molecule has 1 aliphatic heterocycles. The molecule has 1 amide bonds. The molecular weight excluding hydrogens is 504 g/mol. The molecule has 1 aliphatic rings. The maximum Gasteiger partial charge on any atom is 0.225 e. The van der Waals surface area contributed by atoms with E-state index in [4.69, 9.17) is 4.74 Å².